The Morgan fingerprint density at radius 2 is 2.32 bits per heavy atom. The van der Waals surface area contributed by atoms with E-state index in [0.717, 1.165) is 19.5 Å². The van der Waals surface area contributed by atoms with Gasteiger partial charge in [-0.1, -0.05) is 0 Å². The molecule has 2 rings (SSSR count). The highest BCUT2D eigenvalue weighted by molar-refractivity contribution is 5.83. The molecule has 1 aromatic heterocycles. The molecule has 1 amide bonds. The molecule has 5 nitrogen and oxygen atoms in total. The van der Waals surface area contributed by atoms with Crippen molar-refractivity contribution in [1.82, 2.24) is 10.3 Å². The summed E-state index contributed by atoms with van der Waals surface area (Å²) in [4.78, 5) is 15.8. The summed E-state index contributed by atoms with van der Waals surface area (Å²) in [5.41, 5.74) is 0.697. The number of pyridine rings is 1. The molecule has 0 saturated carbocycles. The molecule has 1 fully saturated rings. The van der Waals surface area contributed by atoms with Crippen LogP contribution in [0.15, 0.2) is 18.3 Å². The Labute approximate surface area is 113 Å². The standard InChI is InChI=1S/C14H21N3O2/c1-14(2,3)19-13(18)17-12-8-10(5-7-16-12)11-4-6-15-9-11/h5,7-8,11,15H,4,6,9H2,1-3H3,(H,16,17,18). The van der Waals surface area contributed by atoms with Gasteiger partial charge in [-0.3, -0.25) is 5.32 Å². The van der Waals surface area contributed by atoms with Gasteiger partial charge in [0.2, 0.25) is 0 Å². The number of hydrogen-bond acceptors (Lipinski definition) is 4. The van der Waals surface area contributed by atoms with Crippen LogP contribution >= 0.6 is 0 Å². The molecule has 0 bridgehead atoms. The third-order valence-corrected chi connectivity index (χ3v) is 2.94. The van der Waals surface area contributed by atoms with E-state index in [0.29, 0.717) is 11.7 Å². The molecule has 5 heteroatoms. The maximum Gasteiger partial charge on any atom is 0.413 e. The number of nitrogens with zero attached hydrogens (tertiary/aromatic N) is 1. The van der Waals surface area contributed by atoms with Crippen LogP contribution in [0.4, 0.5) is 10.6 Å². The normalized spacial score (nSPS) is 19.2. The Kier molecular flexibility index (Phi) is 4.04. The van der Waals surface area contributed by atoms with Gasteiger partial charge in [0, 0.05) is 12.7 Å². The number of amides is 1. The van der Waals surface area contributed by atoms with Gasteiger partial charge < -0.3 is 10.1 Å². The zero-order valence-electron chi connectivity index (χ0n) is 11.7. The van der Waals surface area contributed by atoms with Crippen molar-refractivity contribution in [2.24, 2.45) is 0 Å². The molecule has 0 radical (unpaired) electrons. The largest absolute Gasteiger partial charge is 0.444 e. The first kappa shape index (κ1) is 13.8. The lowest BCUT2D eigenvalue weighted by molar-refractivity contribution is 0.0635. The zero-order valence-corrected chi connectivity index (χ0v) is 11.7. The first-order valence-corrected chi connectivity index (χ1v) is 6.61. The van der Waals surface area contributed by atoms with Crippen LogP contribution in [0.3, 0.4) is 0 Å². The number of anilines is 1. The fourth-order valence-electron chi connectivity index (χ4n) is 2.12. The lowest BCUT2D eigenvalue weighted by Crippen LogP contribution is -2.27. The van der Waals surface area contributed by atoms with Crippen LogP contribution in [-0.2, 0) is 4.74 Å². The van der Waals surface area contributed by atoms with Gasteiger partial charge >= 0.3 is 6.09 Å². The highest BCUT2D eigenvalue weighted by atomic mass is 16.6. The fraction of sp³-hybridized carbons (Fsp3) is 0.571. The van der Waals surface area contributed by atoms with Crippen molar-refractivity contribution in [3.8, 4) is 0 Å². The summed E-state index contributed by atoms with van der Waals surface area (Å²) in [5, 5.41) is 6.00. The third kappa shape index (κ3) is 4.21. The van der Waals surface area contributed by atoms with E-state index in [9.17, 15) is 4.79 Å². The van der Waals surface area contributed by atoms with Crippen molar-refractivity contribution in [2.45, 2.75) is 38.7 Å². The van der Waals surface area contributed by atoms with Crippen molar-refractivity contribution in [1.29, 1.82) is 0 Å². The van der Waals surface area contributed by atoms with Crippen LogP contribution in [0.25, 0.3) is 0 Å². The number of carbonyl (C=O) groups excluding carboxylic acids is 1. The average Bonchev–Trinajstić information content (AvgIpc) is 2.79. The molecule has 19 heavy (non-hydrogen) atoms. The molecule has 2 N–H and O–H groups in total. The molecule has 2 heterocycles. The quantitative estimate of drug-likeness (QED) is 0.860. The molecule has 1 aromatic rings. The van der Waals surface area contributed by atoms with Gasteiger partial charge in [-0.2, -0.15) is 0 Å². The summed E-state index contributed by atoms with van der Waals surface area (Å²) in [6.07, 6.45) is 2.37. The Hall–Kier alpha value is -1.62. The van der Waals surface area contributed by atoms with E-state index in [-0.39, 0.29) is 0 Å². The maximum absolute atomic E-state index is 11.7. The average molecular weight is 263 g/mol. The van der Waals surface area contributed by atoms with Crippen LogP contribution in [0.2, 0.25) is 0 Å². The Morgan fingerprint density at radius 3 is 2.95 bits per heavy atom. The van der Waals surface area contributed by atoms with E-state index in [1.165, 1.54) is 5.56 Å². The predicted molar refractivity (Wildman–Crippen MR) is 74.3 cm³/mol. The fourth-order valence-corrected chi connectivity index (χ4v) is 2.12. The molecule has 1 saturated heterocycles. The minimum Gasteiger partial charge on any atom is -0.444 e. The summed E-state index contributed by atoms with van der Waals surface area (Å²) in [5.74, 6) is 1.04. The van der Waals surface area contributed by atoms with Crippen molar-refractivity contribution >= 4 is 11.9 Å². The lowest BCUT2D eigenvalue weighted by atomic mass is 10.00. The number of carbonyl (C=O) groups is 1. The number of hydrogen-bond donors (Lipinski definition) is 2. The number of aromatic nitrogens is 1. The second-order valence-corrected chi connectivity index (χ2v) is 5.79. The smallest absolute Gasteiger partial charge is 0.413 e. The van der Waals surface area contributed by atoms with Gasteiger partial charge in [-0.15, -0.1) is 0 Å². The van der Waals surface area contributed by atoms with Gasteiger partial charge in [-0.05, 0) is 57.4 Å². The van der Waals surface area contributed by atoms with Gasteiger partial charge in [0.1, 0.15) is 11.4 Å². The monoisotopic (exact) mass is 263 g/mol. The highest BCUT2D eigenvalue weighted by Crippen LogP contribution is 2.23. The molecule has 1 aliphatic heterocycles. The van der Waals surface area contributed by atoms with E-state index in [2.05, 4.69) is 15.6 Å². The molecule has 0 aromatic carbocycles. The summed E-state index contributed by atoms with van der Waals surface area (Å²) in [6.45, 7) is 7.53. The maximum atomic E-state index is 11.7. The van der Waals surface area contributed by atoms with Crippen LogP contribution in [0.5, 0.6) is 0 Å². The zero-order chi connectivity index (χ0) is 13.9. The first-order chi connectivity index (χ1) is 8.94. The van der Waals surface area contributed by atoms with Crippen LogP contribution in [-0.4, -0.2) is 29.8 Å². The van der Waals surface area contributed by atoms with E-state index < -0.39 is 11.7 Å². The molecular formula is C14H21N3O2. The third-order valence-electron chi connectivity index (χ3n) is 2.94. The Balaban J connectivity index is 2.00. The molecule has 0 spiro atoms. The van der Waals surface area contributed by atoms with Crippen molar-refractivity contribution in [2.75, 3.05) is 18.4 Å². The van der Waals surface area contributed by atoms with Gasteiger partial charge in [0.25, 0.3) is 0 Å². The number of nitrogens with one attached hydrogen (secondary N) is 2. The van der Waals surface area contributed by atoms with Crippen LogP contribution in [0.1, 0.15) is 38.7 Å². The second kappa shape index (κ2) is 5.57. The van der Waals surface area contributed by atoms with E-state index in [1.807, 2.05) is 32.9 Å². The van der Waals surface area contributed by atoms with Crippen molar-refractivity contribution < 1.29 is 9.53 Å². The molecule has 1 unspecified atom stereocenters. The van der Waals surface area contributed by atoms with Gasteiger partial charge in [-0.25, -0.2) is 9.78 Å². The second-order valence-electron chi connectivity index (χ2n) is 5.79. The highest BCUT2D eigenvalue weighted by Gasteiger charge is 2.19. The lowest BCUT2D eigenvalue weighted by Gasteiger charge is -2.19. The van der Waals surface area contributed by atoms with Crippen LogP contribution in [0, 0.1) is 0 Å². The Morgan fingerprint density at radius 1 is 1.53 bits per heavy atom. The number of rotatable bonds is 2. The summed E-state index contributed by atoms with van der Waals surface area (Å²) in [7, 11) is 0. The Bertz CT molecular complexity index is 448. The van der Waals surface area contributed by atoms with E-state index in [4.69, 9.17) is 4.74 Å². The molecule has 1 atom stereocenters. The molecule has 104 valence electrons. The minimum absolute atomic E-state index is 0.471. The predicted octanol–water partition coefficient (Wildman–Crippen LogP) is 2.51. The van der Waals surface area contributed by atoms with Crippen molar-refractivity contribution in [3.05, 3.63) is 23.9 Å². The van der Waals surface area contributed by atoms with Crippen molar-refractivity contribution in [3.63, 3.8) is 0 Å². The molecule has 1 aliphatic rings. The molecular weight excluding hydrogens is 242 g/mol. The van der Waals surface area contributed by atoms with E-state index >= 15 is 0 Å². The SMILES string of the molecule is CC(C)(C)OC(=O)Nc1cc(C2CCNC2)ccn1. The molecule has 0 aliphatic carbocycles. The summed E-state index contributed by atoms with van der Waals surface area (Å²) in [6, 6.07) is 3.92. The van der Waals surface area contributed by atoms with Gasteiger partial charge in [0.15, 0.2) is 0 Å². The summed E-state index contributed by atoms with van der Waals surface area (Å²) < 4.78 is 5.20. The topological polar surface area (TPSA) is 63.2 Å². The van der Waals surface area contributed by atoms with E-state index in [1.54, 1.807) is 6.20 Å². The first-order valence-electron chi connectivity index (χ1n) is 6.61. The van der Waals surface area contributed by atoms with Gasteiger partial charge in [0.05, 0.1) is 0 Å². The number of ether oxygens (including phenoxy) is 1. The summed E-state index contributed by atoms with van der Waals surface area (Å²) >= 11 is 0. The van der Waals surface area contributed by atoms with Crippen LogP contribution < -0.4 is 10.6 Å². The minimum atomic E-state index is -0.503.